The largest absolute Gasteiger partial charge is 0.293 e. The lowest BCUT2D eigenvalue weighted by Gasteiger charge is -2.42. The summed E-state index contributed by atoms with van der Waals surface area (Å²) in [6.07, 6.45) is 5.35. The molecule has 1 aliphatic rings. The first-order chi connectivity index (χ1) is 18.6. The number of hydrogen-bond acceptors (Lipinski definition) is 5. The lowest BCUT2D eigenvalue weighted by molar-refractivity contribution is 0.0669. The zero-order valence-electron chi connectivity index (χ0n) is 25.2. The normalized spacial score (nSPS) is 18.6. The van der Waals surface area contributed by atoms with Crippen LogP contribution in [-0.2, 0) is 5.41 Å². The number of rotatable bonds is 8. The van der Waals surface area contributed by atoms with Crippen LogP contribution in [0.4, 0.5) is 0 Å². The Morgan fingerprint density at radius 3 is 2.40 bits per heavy atom. The van der Waals surface area contributed by atoms with Gasteiger partial charge in [0.2, 0.25) is 0 Å². The molecule has 0 aliphatic carbocycles. The van der Waals surface area contributed by atoms with Crippen molar-refractivity contribution in [2.45, 2.75) is 102 Å². The molecule has 3 aromatic rings. The topological polar surface area (TPSA) is 63.1 Å². The minimum Gasteiger partial charge on any atom is -0.293 e. The Morgan fingerprint density at radius 1 is 1.10 bits per heavy atom. The summed E-state index contributed by atoms with van der Waals surface area (Å²) >= 11 is 7.56. The molecule has 2 unspecified atom stereocenters. The number of amides is 1. The van der Waals surface area contributed by atoms with E-state index in [1.165, 1.54) is 23.9 Å². The molecule has 0 radical (unpaired) electrons. The lowest BCUT2D eigenvalue weighted by Crippen LogP contribution is -2.50. The van der Waals surface area contributed by atoms with Gasteiger partial charge in [0.25, 0.3) is 5.91 Å². The van der Waals surface area contributed by atoms with Gasteiger partial charge in [-0.05, 0) is 83.6 Å². The Hall–Kier alpha value is -2.35. The van der Waals surface area contributed by atoms with Gasteiger partial charge >= 0.3 is 0 Å². The fourth-order valence-electron chi connectivity index (χ4n) is 6.01. The first kappa shape index (κ1) is 30.6. The molecule has 2 atom stereocenters. The second-order valence-corrected chi connectivity index (χ2v) is 14.8. The van der Waals surface area contributed by atoms with Gasteiger partial charge in [-0.25, -0.2) is 4.98 Å². The SMILES string of the molecule is CC(C)(C)c1ccc(C(=O)NSc2ccn(C(CCC3CN(C(C)(C)C)C(C)(C)C3)c3ccccc3)n2)c(Cl)n1. The van der Waals surface area contributed by atoms with Crippen molar-refractivity contribution in [3.63, 3.8) is 0 Å². The molecule has 1 fully saturated rings. The molecule has 0 bridgehead atoms. The van der Waals surface area contributed by atoms with Gasteiger partial charge < -0.3 is 0 Å². The van der Waals surface area contributed by atoms with Crippen LogP contribution in [0.3, 0.4) is 0 Å². The van der Waals surface area contributed by atoms with Gasteiger partial charge in [0.1, 0.15) is 10.2 Å². The van der Waals surface area contributed by atoms with Crippen molar-refractivity contribution in [1.82, 2.24) is 24.4 Å². The number of nitrogens with zero attached hydrogens (tertiary/aromatic N) is 4. The molecule has 1 amide bonds. The average molecular weight is 582 g/mol. The molecular weight excluding hydrogens is 538 g/mol. The summed E-state index contributed by atoms with van der Waals surface area (Å²) in [5, 5.41) is 5.79. The van der Waals surface area contributed by atoms with Gasteiger partial charge in [-0.15, -0.1) is 0 Å². The molecule has 1 N–H and O–H groups in total. The smallest absolute Gasteiger partial charge is 0.264 e. The Bertz CT molecular complexity index is 1310. The van der Waals surface area contributed by atoms with Crippen molar-refractivity contribution in [2.75, 3.05) is 6.54 Å². The molecule has 0 spiro atoms. The van der Waals surface area contributed by atoms with Crippen LogP contribution >= 0.6 is 23.5 Å². The fourth-order valence-corrected chi connectivity index (χ4v) is 6.82. The molecule has 6 nitrogen and oxygen atoms in total. The number of aromatic nitrogens is 3. The van der Waals surface area contributed by atoms with Gasteiger partial charge in [-0.2, -0.15) is 5.10 Å². The zero-order chi connectivity index (χ0) is 29.3. The molecule has 40 heavy (non-hydrogen) atoms. The third kappa shape index (κ3) is 7.29. The highest BCUT2D eigenvalue weighted by Gasteiger charge is 2.43. The molecule has 2 aromatic heterocycles. The van der Waals surface area contributed by atoms with Gasteiger partial charge in [-0.1, -0.05) is 62.7 Å². The van der Waals surface area contributed by atoms with E-state index in [2.05, 4.69) is 100 Å². The van der Waals surface area contributed by atoms with Crippen LogP contribution in [0.2, 0.25) is 5.15 Å². The van der Waals surface area contributed by atoms with Crippen LogP contribution in [0.25, 0.3) is 0 Å². The molecular formula is C32H44ClN5OS. The summed E-state index contributed by atoms with van der Waals surface area (Å²) in [6.45, 7) is 19.0. The maximum absolute atomic E-state index is 12.9. The molecule has 216 valence electrons. The predicted octanol–water partition coefficient (Wildman–Crippen LogP) is 7.93. The number of carbonyl (C=O) groups excluding carboxylic acids is 1. The molecule has 4 rings (SSSR count). The quantitative estimate of drug-likeness (QED) is 0.216. The second-order valence-electron chi connectivity index (χ2n) is 13.6. The predicted molar refractivity (Wildman–Crippen MR) is 166 cm³/mol. The van der Waals surface area contributed by atoms with Crippen LogP contribution in [0, 0.1) is 5.92 Å². The summed E-state index contributed by atoms with van der Waals surface area (Å²) in [4.78, 5) is 20.0. The maximum Gasteiger partial charge on any atom is 0.264 e. The van der Waals surface area contributed by atoms with E-state index >= 15 is 0 Å². The van der Waals surface area contributed by atoms with Crippen molar-refractivity contribution >= 4 is 29.5 Å². The summed E-state index contributed by atoms with van der Waals surface area (Å²) < 4.78 is 4.92. The van der Waals surface area contributed by atoms with Crippen LogP contribution in [0.15, 0.2) is 59.8 Å². The highest BCUT2D eigenvalue weighted by molar-refractivity contribution is 7.97. The summed E-state index contributed by atoms with van der Waals surface area (Å²) in [7, 11) is 0. The average Bonchev–Trinajstić information content (AvgIpc) is 3.46. The zero-order valence-corrected chi connectivity index (χ0v) is 26.7. The maximum atomic E-state index is 12.9. The fraction of sp³-hybridized carbons (Fsp3) is 0.531. The number of carbonyl (C=O) groups is 1. The summed E-state index contributed by atoms with van der Waals surface area (Å²) in [5.41, 5.74) is 2.66. The Balaban J connectivity index is 1.44. The van der Waals surface area contributed by atoms with Crippen molar-refractivity contribution in [3.05, 3.63) is 76.7 Å². The number of hydrogen-bond donors (Lipinski definition) is 1. The van der Waals surface area contributed by atoms with Crippen molar-refractivity contribution in [3.8, 4) is 0 Å². The van der Waals surface area contributed by atoms with E-state index < -0.39 is 0 Å². The summed E-state index contributed by atoms with van der Waals surface area (Å²) in [6, 6.07) is 16.3. The van der Waals surface area contributed by atoms with Crippen LogP contribution in [0.1, 0.15) is 102 Å². The molecule has 1 aromatic carbocycles. The highest BCUT2D eigenvalue weighted by atomic mass is 35.5. The van der Waals surface area contributed by atoms with Gasteiger partial charge in [-0.3, -0.25) is 19.1 Å². The summed E-state index contributed by atoms with van der Waals surface area (Å²) in [5.74, 6) is 0.358. The minimum absolute atomic E-state index is 0.127. The molecule has 8 heteroatoms. The van der Waals surface area contributed by atoms with Gasteiger partial charge in [0.05, 0.1) is 11.6 Å². The van der Waals surface area contributed by atoms with E-state index in [9.17, 15) is 4.79 Å². The van der Waals surface area contributed by atoms with E-state index in [1.54, 1.807) is 6.07 Å². The van der Waals surface area contributed by atoms with Crippen LogP contribution in [-0.4, -0.2) is 43.2 Å². The van der Waals surface area contributed by atoms with E-state index in [0.29, 0.717) is 11.5 Å². The Labute approximate surface area is 249 Å². The Morgan fingerprint density at radius 2 is 1.80 bits per heavy atom. The van der Waals surface area contributed by atoms with E-state index in [1.807, 2.05) is 23.0 Å². The van der Waals surface area contributed by atoms with Crippen molar-refractivity contribution in [1.29, 1.82) is 0 Å². The number of nitrogens with one attached hydrogen (secondary N) is 1. The lowest BCUT2D eigenvalue weighted by atomic mass is 9.90. The Kier molecular flexibility index (Phi) is 9.08. The van der Waals surface area contributed by atoms with Crippen LogP contribution < -0.4 is 4.72 Å². The second kappa shape index (κ2) is 11.9. The first-order valence-electron chi connectivity index (χ1n) is 14.2. The van der Waals surface area contributed by atoms with E-state index in [0.717, 1.165) is 30.1 Å². The standard InChI is InChI=1S/C32H44ClN5OS/c1-30(2,3)26-17-15-24(28(33)34-26)29(39)36-40-27-18-19-37(35-27)25(23-12-10-9-11-13-23)16-14-22-20-32(7,8)38(21-22)31(4,5)6/h9-13,15,17-19,22,25H,14,16,20-21H2,1-8H3,(H,36,39). The highest BCUT2D eigenvalue weighted by Crippen LogP contribution is 2.41. The molecule has 0 saturated carbocycles. The number of benzene rings is 1. The van der Waals surface area contributed by atoms with Crippen molar-refractivity contribution < 1.29 is 4.79 Å². The van der Waals surface area contributed by atoms with E-state index in [4.69, 9.17) is 16.7 Å². The molecule has 3 heterocycles. The molecule has 1 saturated heterocycles. The first-order valence-corrected chi connectivity index (χ1v) is 15.4. The third-order valence-corrected chi connectivity index (χ3v) is 8.82. The van der Waals surface area contributed by atoms with Crippen LogP contribution in [0.5, 0.6) is 0 Å². The number of halogens is 1. The van der Waals surface area contributed by atoms with Gasteiger partial charge in [0.15, 0.2) is 0 Å². The number of pyridine rings is 1. The van der Waals surface area contributed by atoms with Gasteiger partial charge in [0, 0.05) is 46.9 Å². The minimum atomic E-state index is -0.288. The third-order valence-electron chi connectivity index (χ3n) is 7.82. The number of likely N-dealkylation sites (tertiary alicyclic amines) is 1. The van der Waals surface area contributed by atoms with E-state index in [-0.39, 0.29) is 33.6 Å². The molecule has 1 aliphatic heterocycles. The van der Waals surface area contributed by atoms with Crippen molar-refractivity contribution in [2.24, 2.45) is 5.92 Å². The monoisotopic (exact) mass is 581 g/mol.